The maximum absolute atomic E-state index is 12.9. The summed E-state index contributed by atoms with van der Waals surface area (Å²) in [5.74, 6) is 0.881. The highest BCUT2D eigenvalue weighted by Crippen LogP contribution is 2.29. The molecule has 1 fully saturated rings. The summed E-state index contributed by atoms with van der Waals surface area (Å²) in [5.41, 5.74) is -0.309. The first-order valence-electron chi connectivity index (χ1n) is 11.3. The number of piperazine rings is 1. The molecule has 0 atom stereocenters. The molecule has 0 spiro atoms. The van der Waals surface area contributed by atoms with Gasteiger partial charge in [0.05, 0.1) is 23.7 Å². The highest BCUT2D eigenvalue weighted by atomic mass is 19.4. The SMILES string of the molecule is O=C(NCCn1ncc2c(N3CCN(c4ncccn4)CC3)ncnc21)c1cccc(C(F)(F)F)c1. The predicted octanol–water partition coefficient (Wildman–Crippen LogP) is 2.39. The van der Waals surface area contributed by atoms with Crippen LogP contribution in [0.4, 0.5) is 24.9 Å². The van der Waals surface area contributed by atoms with Crippen LogP contribution in [-0.2, 0) is 12.7 Å². The fourth-order valence-electron chi connectivity index (χ4n) is 4.08. The summed E-state index contributed by atoms with van der Waals surface area (Å²) in [4.78, 5) is 34.1. The van der Waals surface area contributed by atoms with Crippen LogP contribution < -0.4 is 15.1 Å². The fourth-order valence-corrected chi connectivity index (χ4v) is 4.08. The molecule has 13 heteroatoms. The first kappa shape index (κ1) is 23.5. The molecule has 5 rings (SSSR count). The molecule has 1 aliphatic rings. The van der Waals surface area contributed by atoms with Crippen LogP contribution in [0.1, 0.15) is 15.9 Å². The quantitative estimate of drug-likeness (QED) is 0.433. The van der Waals surface area contributed by atoms with E-state index >= 15 is 0 Å². The zero-order valence-electron chi connectivity index (χ0n) is 19.1. The Morgan fingerprint density at radius 2 is 1.72 bits per heavy atom. The minimum absolute atomic E-state index is 0.0557. The minimum atomic E-state index is -4.51. The van der Waals surface area contributed by atoms with Gasteiger partial charge in [0.2, 0.25) is 5.95 Å². The van der Waals surface area contributed by atoms with Crippen LogP contribution in [0.5, 0.6) is 0 Å². The Bertz CT molecular complexity index is 1350. The van der Waals surface area contributed by atoms with Crippen LogP contribution in [0.15, 0.2) is 55.2 Å². The van der Waals surface area contributed by atoms with Crippen molar-refractivity contribution in [2.75, 3.05) is 42.5 Å². The molecule has 1 amide bonds. The van der Waals surface area contributed by atoms with E-state index in [4.69, 9.17) is 0 Å². The van der Waals surface area contributed by atoms with Crippen LogP contribution >= 0.6 is 0 Å². The molecule has 4 heterocycles. The van der Waals surface area contributed by atoms with Crippen LogP contribution in [0.2, 0.25) is 0 Å². The lowest BCUT2D eigenvalue weighted by atomic mass is 10.1. The summed E-state index contributed by atoms with van der Waals surface area (Å²) in [7, 11) is 0. The van der Waals surface area contributed by atoms with Crippen LogP contribution in [0.3, 0.4) is 0 Å². The van der Waals surface area contributed by atoms with E-state index in [2.05, 4.69) is 40.2 Å². The molecule has 10 nitrogen and oxygen atoms in total. The number of nitrogens with zero attached hydrogens (tertiary/aromatic N) is 8. The van der Waals surface area contributed by atoms with Gasteiger partial charge in [0.1, 0.15) is 12.1 Å². The normalized spacial score (nSPS) is 14.3. The number of aromatic nitrogens is 6. The molecule has 1 aromatic carbocycles. The van der Waals surface area contributed by atoms with Gasteiger partial charge in [-0.3, -0.25) is 4.79 Å². The predicted molar refractivity (Wildman–Crippen MR) is 126 cm³/mol. The van der Waals surface area contributed by atoms with Crippen molar-refractivity contribution in [1.29, 1.82) is 0 Å². The fraction of sp³-hybridized carbons (Fsp3) is 0.304. The van der Waals surface area contributed by atoms with E-state index in [9.17, 15) is 18.0 Å². The van der Waals surface area contributed by atoms with Gasteiger partial charge in [0.15, 0.2) is 5.65 Å². The number of hydrogen-bond donors (Lipinski definition) is 1. The Kier molecular flexibility index (Phi) is 6.36. The number of alkyl halides is 3. The zero-order chi connectivity index (χ0) is 25.1. The zero-order valence-corrected chi connectivity index (χ0v) is 19.1. The van der Waals surface area contributed by atoms with E-state index in [0.29, 0.717) is 18.1 Å². The van der Waals surface area contributed by atoms with Gasteiger partial charge in [0, 0.05) is 50.7 Å². The molecular weight excluding hydrogens is 475 g/mol. The largest absolute Gasteiger partial charge is 0.416 e. The minimum Gasteiger partial charge on any atom is -0.352 e. The van der Waals surface area contributed by atoms with Crippen molar-refractivity contribution in [3.63, 3.8) is 0 Å². The van der Waals surface area contributed by atoms with E-state index in [0.717, 1.165) is 49.5 Å². The number of hydrogen-bond acceptors (Lipinski definition) is 8. The Labute approximate surface area is 203 Å². The topological polar surface area (TPSA) is 105 Å². The highest BCUT2D eigenvalue weighted by Gasteiger charge is 2.31. The van der Waals surface area contributed by atoms with Crippen molar-refractivity contribution in [3.05, 3.63) is 66.4 Å². The van der Waals surface area contributed by atoms with Gasteiger partial charge >= 0.3 is 6.18 Å². The number of carbonyl (C=O) groups is 1. The number of carbonyl (C=O) groups excluding carboxylic acids is 1. The maximum atomic E-state index is 12.9. The van der Waals surface area contributed by atoms with Gasteiger partial charge in [0.25, 0.3) is 5.91 Å². The van der Waals surface area contributed by atoms with Crippen molar-refractivity contribution < 1.29 is 18.0 Å². The first-order valence-corrected chi connectivity index (χ1v) is 11.3. The second-order valence-electron chi connectivity index (χ2n) is 8.16. The third kappa shape index (κ3) is 4.90. The van der Waals surface area contributed by atoms with Crippen molar-refractivity contribution in [2.45, 2.75) is 12.7 Å². The molecular formula is C23H22F3N9O. The molecule has 0 aliphatic carbocycles. The van der Waals surface area contributed by atoms with Crippen molar-refractivity contribution >= 4 is 28.7 Å². The summed E-state index contributed by atoms with van der Waals surface area (Å²) >= 11 is 0. The van der Waals surface area contributed by atoms with E-state index in [1.54, 1.807) is 29.3 Å². The van der Waals surface area contributed by atoms with Crippen LogP contribution in [-0.4, -0.2) is 68.3 Å². The molecule has 0 saturated carbocycles. The molecule has 36 heavy (non-hydrogen) atoms. The lowest BCUT2D eigenvalue weighted by Gasteiger charge is -2.35. The average Bonchev–Trinajstić information content (AvgIpc) is 3.32. The first-order chi connectivity index (χ1) is 17.4. The molecule has 3 aromatic heterocycles. The average molecular weight is 497 g/mol. The second kappa shape index (κ2) is 9.76. The number of rotatable bonds is 6. The number of anilines is 2. The lowest BCUT2D eigenvalue weighted by Crippen LogP contribution is -2.47. The Morgan fingerprint density at radius 3 is 2.47 bits per heavy atom. The van der Waals surface area contributed by atoms with E-state index in [1.165, 1.54) is 18.5 Å². The Morgan fingerprint density at radius 1 is 0.972 bits per heavy atom. The molecule has 0 unspecified atom stereocenters. The maximum Gasteiger partial charge on any atom is 0.416 e. The third-order valence-electron chi connectivity index (χ3n) is 5.89. The Hall–Kier alpha value is -4.29. The van der Waals surface area contributed by atoms with Gasteiger partial charge in [-0.2, -0.15) is 18.3 Å². The molecule has 186 valence electrons. The summed E-state index contributed by atoms with van der Waals surface area (Å²) in [5, 5.41) is 7.81. The van der Waals surface area contributed by atoms with Gasteiger partial charge in [-0.1, -0.05) is 6.07 Å². The number of fused-ring (bicyclic) bond motifs is 1. The summed E-state index contributed by atoms with van der Waals surface area (Å²) < 4.78 is 40.4. The second-order valence-corrected chi connectivity index (χ2v) is 8.16. The summed E-state index contributed by atoms with van der Waals surface area (Å²) in [6.07, 6.45) is 2.09. The van der Waals surface area contributed by atoms with Gasteiger partial charge in [-0.25, -0.2) is 24.6 Å². The molecule has 1 N–H and O–H groups in total. The Balaban J connectivity index is 1.22. The smallest absolute Gasteiger partial charge is 0.352 e. The van der Waals surface area contributed by atoms with E-state index < -0.39 is 17.6 Å². The summed E-state index contributed by atoms with van der Waals surface area (Å²) in [6, 6.07) is 6.10. The van der Waals surface area contributed by atoms with Gasteiger partial charge in [-0.15, -0.1) is 0 Å². The number of halogens is 3. The molecule has 4 aromatic rings. The van der Waals surface area contributed by atoms with E-state index in [-0.39, 0.29) is 12.1 Å². The number of benzene rings is 1. The molecule has 1 saturated heterocycles. The van der Waals surface area contributed by atoms with Crippen molar-refractivity contribution in [1.82, 2.24) is 35.0 Å². The highest BCUT2D eigenvalue weighted by molar-refractivity contribution is 5.94. The van der Waals surface area contributed by atoms with Crippen LogP contribution in [0.25, 0.3) is 11.0 Å². The van der Waals surface area contributed by atoms with Gasteiger partial charge < -0.3 is 15.1 Å². The lowest BCUT2D eigenvalue weighted by molar-refractivity contribution is -0.137. The molecule has 0 radical (unpaired) electrons. The molecule has 1 aliphatic heterocycles. The van der Waals surface area contributed by atoms with Crippen molar-refractivity contribution in [2.24, 2.45) is 0 Å². The molecule has 0 bridgehead atoms. The standard InChI is InChI=1S/C23H22F3N9O/c24-23(25,26)17-4-1-3-16(13-17)21(36)27-7-8-35-20-18(14-32-35)19(30-15-31-20)33-9-11-34(12-10-33)22-28-5-2-6-29-22/h1-6,13-15H,7-12H2,(H,27,36). The number of amides is 1. The summed E-state index contributed by atoms with van der Waals surface area (Å²) in [6.45, 7) is 3.40. The number of nitrogens with one attached hydrogen (secondary N) is 1. The van der Waals surface area contributed by atoms with Gasteiger partial charge in [-0.05, 0) is 24.3 Å². The monoisotopic (exact) mass is 497 g/mol. The van der Waals surface area contributed by atoms with E-state index in [1.807, 2.05) is 0 Å². The third-order valence-corrected chi connectivity index (χ3v) is 5.89. The van der Waals surface area contributed by atoms with Crippen molar-refractivity contribution in [3.8, 4) is 0 Å². The van der Waals surface area contributed by atoms with Crippen LogP contribution in [0, 0.1) is 0 Å².